The summed E-state index contributed by atoms with van der Waals surface area (Å²) in [7, 11) is 0. The largest absolute Gasteiger partial charge is 0.274 e. The van der Waals surface area contributed by atoms with Crippen LogP contribution in [0.4, 0.5) is 11.4 Å². The van der Waals surface area contributed by atoms with Crippen LogP contribution in [-0.4, -0.2) is 23.6 Å². The van der Waals surface area contributed by atoms with E-state index in [0.717, 1.165) is 35.1 Å². The number of carbonyl (C=O) groups excluding carboxylic acids is 4. The van der Waals surface area contributed by atoms with E-state index >= 15 is 0 Å². The molecule has 1 saturated carbocycles. The van der Waals surface area contributed by atoms with Crippen LogP contribution in [-0.2, 0) is 25.6 Å². The molecule has 2 aromatic carbocycles. The van der Waals surface area contributed by atoms with Crippen molar-refractivity contribution in [2.45, 2.75) is 25.7 Å². The van der Waals surface area contributed by atoms with E-state index in [0.29, 0.717) is 24.2 Å². The number of imide groups is 2. The SMILES string of the molecule is C=CCC1=CC2C=C1C1C(=O)N(c3ccc(Cc4ccc(N5C(=O)C6C7C=C(CC=C)C(C7)C6C5=O)cc4)cc3)C(=O)C21. The molecule has 6 aliphatic rings. The zero-order valence-electron chi connectivity index (χ0n) is 23.8. The first kappa shape index (κ1) is 26.1. The lowest BCUT2D eigenvalue weighted by Crippen LogP contribution is -2.32. The Kier molecular flexibility index (Phi) is 5.74. The second-order valence-corrected chi connectivity index (χ2v) is 12.7. The lowest BCUT2D eigenvalue weighted by atomic mass is 9.80. The Bertz CT molecular complexity index is 1730. The Morgan fingerprint density at radius 2 is 1.26 bits per heavy atom. The topological polar surface area (TPSA) is 74.8 Å². The zero-order chi connectivity index (χ0) is 29.6. The molecule has 0 spiro atoms. The molecule has 3 fully saturated rings. The number of hydrogen-bond acceptors (Lipinski definition) is 4. The number of hydrogen-bond donors (Lipinski definition) is 0. The van der Waals surface area contributed by atoms with E-state index in [2.05, 4.69) is 31.4 Å². The third-order valence-corrected chi connectivity index (χ3v) is 10.5. The molecule has 8 rings (SSSR count). The molecule has 214 valence electrons. The fourth-order valence-electron chi connectivity index (χ4n) is 8.73. The van der Waals surface area contributed by atoms with Gasteiger partial charge in [0.15, 0.2) is 0 Å². The number of nitrogens with zero attached hydrogens (tertiary/aromatic N) is 2. The highest BCUT2D eigenvalue weighted by Gasteiger charge is 2.61. The minimum Gasteiger partial charge on any atom is -0.274 e. The van der Waals surface area contributed by atoms with Crippen LogP contribution < -0.4 is 9.80 Å². The van der Waals surface area contributed by atoms with Crippen LogP contribution in [0, 0.1) is 41.4 Å². The van der Waals surface area contributed by atoms with Gasteiger partial charge in [0.1, 0.15) is 0 Å². The van der Waals surface area contributed by atoms with E-state index in [9.17, 15) is 19.2 Å². The molecular weight excluding hydrogens is 536 g/mol. The van der Waals surface area contributed by atoms with E-state index in [1.807, 2.05) is 60.7 Å². The van der Waals surface area contributed by atoms with Gasteiger partial charge in [0.05, 0.1) is 35.0 Å². The molecule has 2 aliphatic heterocycles. The maximum atomic E-state index is 13.4. The predicted molar refractivity (Wildman–Crippen MR) is 164 cm³/mol. The van der Waals surface area contributed by atoms with E-state index < -0.39 is 0 Å². The highest BCUT2D eigenvalue weighted by Crippen LogP contribution is 2.57. The van der Waals surface area contributed by atoms with Crippen molar-refractivity contribution in [3.63, 3.8) is 0 Å². The summed E-state index contributed by atoms with van der Waals surface area (Å²) in [6, 6.07) is 15.2. The number of amides is 4. The van der Waals surface area contributed by atoms with Crippen molar-refractivity contribution in [2.24, 2.45) is 41.4 Å². The van der Waals surface area contributed by atoms with Crippen molar-refractivity contribution in [1.29, 1.82) is 0 Å². The normalized spacial score (nSPS) is 31.4. The number of carbonyl (C=O) groups is 4. The van der Waals surface area contributed by atoms with Crippen LogP contribution in [0.25, 0.3) is 0 Å². The Labute approximate surface area is 250 Å². The molecule has 2 saturated heterocycles. The maximum Gasteiger partial charge on any atom is 0.242 e. The summed E-state index contributed by atoms with van der Waals surface area (Å²) in [6.45, 7) is 7.66. The van der Waals surface area contributed by atoms with Gasteiger partial charge in [0.25, 0.3) is 0 Å². The molecule has 7 atom stereocenters. The molecule has 6 heteroatoms. The lowest BCUT2D eigenvalue weighted by Gasteiger charge is -2.21. The third-order valence-electron chi connectivity index (χ3n) is 10.5. The summed E-state index contributed by atoms with van der Waals surface area (Å²) < 4.78 is 0. The standard InChI is InChI=1S/C37H32N2O4/c1-3-5-22-16-24-18-28(22)32-30(24)34(40)38(36(32)42)26-11-7-20(8-12-26)15-21-9-13-27(14-10-21)39-35(41)31-25-17-23(6-4-2)29(19-25)33(31)37(39)43/h3-4,7-14,16-18,24-25,29-33H,1-2,5-6,15,19H2. The summed E-state index contributed by atoms with van der Waals surface area (Å²) in [5, 5.41) is 0. The minimum atomic E-state index is -0.384. The van der Waals surface area contributed by atoms with Crippen molar-refractivity contribution in [3.05, 3.63) is 120 Å². The number of rotatable bonds is 8. The van der Waals surface area contributed by atoms with Gasteiger partial charge >= 0.3 is 0 Å². The smallest absolute Gasteiger partial charge is 0.242 e. The molecule has 6 nitrogen and oxygen atoms in total. The van der Waals surface area contributed by atoms with Gasteiger partial charge < -0.3 is 0 Å². The molecule has 4 aliphatic carbocycles. The zero-order valence-corrected chi connectivity index (χ0v) is 23.8. The van der Waals surface area contributed by atoms with Crippen LogP contribution in [0.5, 0.6) is 0 Å². The van der Waals surface area contributed by atoms with Crippen molar-refractivity contribution in [1.82, 2.24) is 0 Å². The summed E-state index contributed by atoms with van der Waals surface area (Å²) in [5.74, 6) is -1.33. The lowest BCUT2D eigenvalue weighted by molar-refractivity contribution is -0.124. The minimum absolute atomic E-state index is 0.00840. The fraction of sp³-hybridized carbons (Fsp3) is 0.297. The van der Waals surface area contributed by atoms with Crippen LogP contribution in [0.2, 0.25) is 0 Å². The monoisotopic (exact) mass is 568 g/mol. The van der Waals surface area contributed by atoms with Gasteiger partial charge in [0, 0.05) is 5.92 Å². The van der Waals surface area contributed by atoms with Crippen molar-refractivity contribution >= 4 is 35.0 Å². The molecule has 0 aromatic heterocycles. The quantitative estimate of drug-likeness (QED) is 0.302. The number of fused-ring (bicyclic) bond motifs is 9. The summed E-state index contributed by atoms with van der Waals surface area (Å²) in [6.07, 6.45) is 13.1. The highest BCUT2D eigenvalue weighted by atomic mass is 16.2. The summed E-state index contributed by atoms with van der Waals surface area (Å²) in [4.78, 5) is 56.3. The predicted octanol–water partition coefficient (Wildman–Crippen LogP) is 5.71. The van der Waals surface area contributed by atoms with E-state index in [1.54, 1.807) is 0 Å². The van der Waals surface area contributed by atoms with Crippen molar-refractivity contribution in [3.8, 4) is 0 Å². The number of anilines is 2. The van der Waals surface area contributed by atoms with Crippen molar-refractivity contribution < 1.29 is 19.2 Å². The first-order chi connectivity index (χ1) is 20.9. The molecule has 4 bridgehead atoms. The maximum absolute atomic E-state index is 13.4. The average Bonchev–Trinajstić information content (AvgIpc) is 3.83. The van der Waals surface area contributed by atoms with Gasteiger partial charge in [0.2, 0.25) is 23.6 Å². The number of benzene rings is 2. The highest BCUT2D eigenvalue weighted by molar-refractivity contribution is 6.24. The Hall–Kier alpha value is -4.58. The average molecular weight is 569 g/mol. The van der Waals surface area contributed by atoms with E-state index in [1.165, 1.54) is 15.4 Å². The molecule has 2 heterocycles. The third kappa shape index (κ3) is 3.65. The van der Waals surface area contributed by atoms with Gasteiger partial charge in [-0.25, -0.2) is 4.90 Å². The second-order valence-electron chi connectivity index (χ2n) is 12.7. The second kappa shape index (κ2) is 9.46. The van der Waals surface area contributed by atoms with Gasteiger partial charge in [-0.3, -0.25) is 24.1 Å². The van der Waals surface area contributed by atoms with Crippen molar-refractivity contribution in [2.75, 3.05) is 9.80 Å². The van der Waals surface area contributed by atoms with Crippen LogP contribution in [0.15, 0.2) is 109 Å². The first-order valence-electron chi connectivity index (χ1n) is 15.2. The molecule has 7 unspecified atom stereocenters. The molecule has 0 N–H and O–H groups in total. The van der Waals surface area contributed by atoms with Crippen LogP contribution in [0.3, 0.4) is 0 Å². The molecule has 0 radical (unpaired) electrons. The van der Waals surface area contributed by atoms with Gasteiger partial charge in [-0.15, -0.1) is 13.2 Å². The first-order valence-corrected chi connectivity index (χ1v) is 15.2. The van der Waals surface area contributed by atoms with E-state index in [-0.39, 0.29) is 65.1 Å². The molecule has 43 heavy (non-hydrogen) atoms. The van der Waals surface area contributed by atoms with E-state index in [4.69, 9.17) is 0 Å². The Morgan fingerprint density at radius 3 is 1.88 bits per heavy atom. The van der Waals surface area contributed by atoms with Gasteiger partial charge in [-0.2, -0.15) is 0 Å². The number of allylic oxidation sites excluding steroid dienone is 7. The summed E-state index contributed by atoms with van der Waals surface area (Å²) >= 11 is 0. The fourth-order valence-corrected chi connectivity index (χ4v) is 8.73. The molecular formula is C37H32N2O4. The van der Waals surface area contributed by atoms with Gasteiger partial charge in [-0.05, 0) is 84.1 Å². The Balaban J connectivity index is 0.949. The molecule has 2 aromatic rings. The van der Waals surface area contributed by atoms with Crippen LogP contribution >= 0.6 is 0 Å². The Morgan fingerprint density at radius 1 is 0.674 bits per heavy atom. The summed E-state index contributed by atoms with van der Waals surface area (Å²) in [5.41, 5.74) is 6.68. The van der Waals surface area contributed by atoms with Gasteiger partial charge in [-0.1, -0.05) is 60.2 Å². The molecule has 4 amide bonds. The van der Waals surface area contributed by atoms with Crippen LogP contribution in [0.1, 0.15) is 30.4 Å².